The molecule has 0 fully saturated rings. The van der Waals surface area contributed by atoms with Crippen molar-refractivity contribution in [3.63, 3.8) is 0 Å². The van der Waals surface area contributed by atoms with E-state index in [1.54, 1.807) is 6.20 Å². The van der Waals surface area contributed by atoms with Crippen LogP contribution in [0.2, 0.25) is 0 Å². The first-order valence-electron chi connectivity index (χ1n) is 7.06. The molecule has 0 unspecified atom stereocenters. The Labute approximate surface area is 132 Å². The van der Waals surface area contributed by atoms with E-state index < -0.39 is 0 Å². The molecule has 3 aromatic rings. The predicted molar refractivity (Wildman–Crippen MR) is 90.0 cm³/mol. The van der Waals surface area contributed by atoms with E-state index in [4.69, 9.17) is 5.73 Å². The molecule has 2 heterocycles. The van der Waals surface area contributed by atoms with Crippen molar-refractivity contribution in [2.45, 2.75) is 26.3 Å². The van der Waals surface area contributed by atoms with Gasteiger partial charge in [0.15, 0.2) is 0 Å². The molecular weight excluding hydrogens is 328 g/mol. The van der Waals surface area contributed by atoms with Crippen LogP contribution >= 0.6 is 15.9 Å². The van der Waals surface area contributed by atoms with Gasteiger partial charge in [0, 0.05) is 39.9 Å². The number of nitrogens with two attached hydrogens (primary N) is 1. The fourth-order valence-electron chi connectivity index (χ4n) is 2.51. The van der Waals surface area contributed by atoms with Crippen molar-refractivity contribution in [2.24, 2.45) is 0 Å². The van der Waals surface area contributed by atoms with Crippen LogP contribution in [0, 0.1) is 0 Å². The number of aromatic nitrogens is 3. The Morgan fingerprint density at radius 1 is 1.29 bits per heavy atom. The Morgan fingerprint density at radius 3 is 2.90 bits per heavy atom. The van der Waals surface area contributed by atoms with Crippen molar-refractivity contribution in [1.29, 1.82) is 0 Å². The number of nitrogen functional groups attached to an aromatic ring is 1. The first-order chi connectivity index (χ1) is 10.2. The third-order valence-corrected chi connectivity index (χ3v) is 4.04. The maximum atomic E-state index is 5.72. The zero-order valence-electron chi connectivity index (χ0n) is 11.9. The number of unbranched alkanes of at least 4 members (excludes halogenated alkanes) is 1. The van der Waals surface area contributed by atoms with E-state index in [0.717, 1.165) is 28.7 Å². The SMILES string of the molecule is CCCCn1cc(-c2ccnc(N)n2)c2cc(Br)ccc21. The van der Waals surface area contributed by atoms with Gasteiger partial charge in [-0.1, -0.05) is 29.3 Å². The molecule has 4 nitrogen and oxygen atoms in total. The Balaban J connectivity index is 2.19. The first kappa shape index (κ1) is 14.1. The highest BCUT2D eigenvalue weighted by Crippen LogP contribution is 2.32. The number of rotatable bonds is 4. The zero-order valence-corrected chi connectivity index (χ0v) is 13.5. The Morgan fingerprint density at radius 2 is 2.14 bits per heavy atom. The number of anilines is 1. The van der Waals surface area contributed by atoms with E-state index in [0.29, 0.717) is 5.95 Å². The minimum atomic E-state index is 0.303. The van der Waals surface area contributed by atoms with Gasteiger partial charge in [0.2, 0.25) is 5.95 Å². The highest BCUT2D eigenvalue weighted by molar-refractivity contribution is 9.10. The van der Waals surface area contributed by atoms with Gasteiger partial charge < -0.3 is 10.3 Å². The van der Waals surface area contributed by atoms with Crippen LogP contribution in [0.3, 0.4) is 0 Å². The van der Waals surface area contributed by atoms with E-state index in [-0.39, 0.29) is 0 Å². The lowest BCUT2D eigenvalue weighted by Gasteiger charge is -2.03. The first-order valence-corrected chi connectivity index (χ1v) is 7.85. The summed E-state index contributed by atoms with van der Waals surface area (Å²) in [6.07, 6.45) is 6.19. The number of aryl methyl sites for hydroxylation is 1. The monoisotopic (exact) mass is 344 g/mol. The molecule has 0 aliphatic heterocycles. The van der Waals surface area contributed by atoms with Gasteiger partial charge >= 0.3 is 0 Å². The molecule has 0 aliphatic rings. The third kappa shape index (κ3) is 2.78. The smallest absolute Gasteiger partial charge is 0.220 e. The predicted octanol–water partition coefficient (Wildman–Crippen LogP) is 4.24. The Hall–Kier alpha value is -1.88. The number of fused-ring (bicyclic) bond motifs is 1. The number of benzene rings is 1. The summed E-state index contributed by atoms with van der Waals surface area (Å²) in [5, 5.41) is 1.18. The molecule has 0 radical (unpaired) electrons. The second kappa shape index (κ2) is 5.85. The van der Waals surface area contributed by atoms with Crippen LogP contribution in [0.4, 0.5) is 5.95 Å². The summed E-state index contributed by atoms with van der Waals surface area (Å²) in [4.78, 5) is 8.32. The number of hydrogen-bond acceptors (Lipinski definition) is 3. The van der Waals surface area contributed by atoms with Gasteiger partial charge in [-0.25, -0.2) is 9.97 Å². The van der Waals surface area contributed by atoms with Crippen LogP contribution in [0.1, 0.15) is 19.8 Å². The molecule has 108 valence electrons. The average Bonchev–Trinajstić information content (AvgIpc) is 2.83. The van der Waals surface area contributed by atoms with Gasteiger partial charge in [-0.2, -0.15) is 0 Å². The second-order valence-corrected chi connectivity index (χ2v) is 5.97. The van der Waals surface area contributed by atoms with E-state index in [9.17, 15) is 0 Å². The molecular formula is C16H17BrN4. The maximum Gasteiger partial charge on any atom is 0.220 e. The fourth-order valence-corrected chi connectivity index (χ4v) is 2.87. The van der Waals surface area contributed by atoms with Crippen LogP contribution in [-0.2, 0) is 6.54 Å². The lowest BCUT2D eigenvalue weighted by molar-refractivity contribution is 0.650. The van der Waals surface area contributed by atoms with E-state index in [1.165, 1.54) is 17.3 Å². The normalized spacial score (nSPS) is 11.1. The molecule has 0 aliphatic carbocycles. The van der Waals surface area contributed by atoms with Crippen LogP contribution in [0.15, 0.2) is 41.1 Å². The average molecular weight is 345 g/mol. The summed E-state index contributed by atoms with van der Waals surface area (Å²) in [5.74, 6) is 0.303. The van der Waals surface area contributed by atoms with E-state index in [1.807, 2.05) is 6.07 Å². The van der Waals surface area contributed by atoms with Crippen LogP contribution < -0.4 is 5.73 Å². The number of nitrogens with zero attached hydrogens (tertiary/aromatic N) is 3. The standard InChI is InChI=1S/C16H17BrN4/c1-2-3-8-21-10-13(14-6-7-19-16(18)20-14)12-9-11(17)4-5-15(12)21/h4-7,9-10H,2-3,8H2,1H3,(H2,18,19,20). The van der Waals surface area contributed by atoms with Crippen molar-refractivity contribution < 1.29 is 0 Å². The molecule has 0 saturated carbocycles. The largest absolute Gasteiger partial charge is 0.368 e. The molecule has 0 spiro atoms. The quantitative estimate of drug-likeness (QED) is 0.769. The van der Waals surface area contributed by atoms with Crippen molar-refractivity contribution >= 4 is 32.8 Å². The van der Waals surface area contributed by atoms with Gasteiger partial charge in [0.05, 0.1) is 5.69 Å². The summed E-state index contributed by atoms with van der Waals surface area (Å²) in [5.41, 5.74) is 8.90. The Bertz CT molecular complexity index is 779. The van der Waals surface area contributed by atoms with Crippen LogP contribution in [0.25, 0.3) is 22.2 Å². The van der Waals surface area contributed by atoms with Gasteiger partial charge in [-0.3, -0.25) is 0 Å². The topological polar surface area (TPSA) is 56.7 Å². The van der Waals surface area contributed by atoms with Gasteiger partial charge in [0.25, 0.3) is 0 Å². The van der Waals surface area contributed by atoms with Crippen molar-refractivity contribution in [3.05, 3.63) is 41.1 Å². The summed E-state index contributed by atoms with van der Waals surface area (Å²) < 4.78 is 3.35. The highest BCUT2D eigenvalue weighted by atomic mass is 79.9. The number of halogens is 1. The highest BCUT2D eigenvalue weighted by Gasteiger charge is 2.12. The summed E-state index contributed by atoms with van der Waals surface area (Å²) >= 11 is 3.55. The molecule has 1 aromatic carbocycles. The van der Waals surface area contributed by atoms with Gasteiger partial charge in [0.1, 0.15) is 0 Å². The van der Waals surface area contributed by atoms with E-state index >= 15 is 0 Å². The lowest BCUT2D eigenvalue weighted by Crippen LogP contribution is -1.95. The molecule has 5 heteroatoms. The minimum absolute atomic E-state index is 0.303. The summed E-state index contributed by atoms with van der Waals surface area (Å²) in [7, 11) is 0. The van der Waals surface area contributed by atoms with Crippen LogP contribution in [-0.4, -0.2) is 14.5 Å². The maximum absolute atomic E-state index is 5.72. The minimum Gasteiger partial charge on any atom is -0.368 e. The lowest BCUT2D eigenvalue weighted by atomic mass is 10.1. The van der Waals surface area contributed by atoms with Gasteiger partial charge in [-0.15, -0.1) is 0 Å². The van der Waals surface area contributed by atoms with Crippen LogP contribution in [0.5, 0.6) is 0 Å². The van der Waals surface area contributed by atoms with Crippen molar-refractivity contribution in [1.82, 2.24) is 14.5 Å². The second-order valence-electron chi connectivity index (χ2n) is 5.05. The molecule has 0 saturated heterocycles. The molecule has 0 amide bonds. The summed E-state index contributed by atoms with van der Waals surface area (Å²) in [6.45, 7) is 3.21. The Kier molecular flexibility index (Phi) is 3.92. The molecule has 2 N–H and O–H groups in total. The van der Waals surface area contributed by atoms with E-state index in [2.05, 4.69) is 61.8 Å². The molecule has 0 atom stereocenters. The molecule has 21 heavy (non-hydrogen) atoms. The summed E-state index contributed by atoms with van der Waals surface area (Å²) in [6, 6.07) is 8.24. The molecule has 2 aromatic heterocycles. The van der Waals surface area contributed by atoms with Crippen molar-refractivity contribution in [3.8, 4) is 11.3 Å². The molecule has 0 bridgehead atoms. The van der Waals surface area contributed by atoms with Gasteiger partial charge in [-0.05, 0) is 30.7 Å². The number of hydrogen-bond donors (Lipinski definition) is 1. The molecule has 3 rings (SSSR count). The zero-order chi connectivity index (χ0) is 14.8. The fraction of sp³-hybridized carbons (Fsp3) is 0.250. The third-order valence-electron chi connectivity index (χ3n) is 3.55. The van der Waals surface area contributed by atoms with Crippen molar-refractivity contribution in [2.75, 3.05) is 5.73 Å².